The van der Waals surface area contributed by atoms with Gasteiger partial charge in [-0.05, 0) is 41.5 Å². The number of unbranched alkanes of at least 4 members (excludes halogenated alkanes) is 1. The molecular weight excluding hydrogens is 300 g/mol. The van der Waals surface area contributed by atoms with Crippen LogP contribution in [-0.2, 0) is 21.3 Å². The van der Waals surface area contributed by atoms with E-state index in [1.165, 1.54) is 0 Å². The zero-order valence-corrected chi connectivity index (χ0v) is 16.0. The minimum Gasteiger partial charge on any atom is -0.650 e. The van der Waals surface area contributed by atoms with E-state index in [0.717, 1.165) is 12.8 Å². The van der Waals surface area contributed by atoms with Gasteiger partial charge in [-0.15, -0.1) is 6.54 Å². The molecule has 0 aromatic rings. The summed E-state index contributed by atoms with van der Waals surface area (Å²) in [5, 5.41) is 4.66. The van der Waals surface area contributed by atoms with E-state index in [9.17, 15) is 4.79 Å². The quantitative estimate of drug-likeness (QED) is 0.303. The monoisotopic (exact) mass is 332 g/mol. The van der Waals surface area contributed by atoms with Crippen LogP contribution in [0, 0.1) is 7.43 Å². The maximum atomic E-state index is 11.9. The Morgan fingerprint density at radius 2 is 1.47 bits per heavy atom. The van der Waals surface area contributed by atoms with Crippen LogP contribution >= 0.6 is 7.92 Å². The molecule has 4 heteroatoms. The summed E-state index contributed by atoms with van der Waals surface area (Å²) in [6, 6.07) is 0. The van der Waals surface area contributed by atoms with Crippen molar-refractivity contribution < 1.29 is 21.3 Å². The van der Waals surface area contributed by atoms with Crippen LogP contribution < -0.4 is 0 Å². The van der Waals surface area contributed by atoms with Crippen molar-refractivity contribution in [2.45, 2.75) is 71.6 Å². The largest absolute Gasteiger partial charge is 2.00 e. The molecule has 0 aliphatic carbocycles. The van der Waals surface area contributed by atoms with Crippen LogP contribution in [0.2, 0.25) is 0 Å². The van der Waals surface area contributed by atoms with Crippen molar-refractivity contribution in [2.75, 3.05) is 12.7 Å². The molecular formula is C15H33NNiOP+. The molecule has 0 spiro atoms. The Kier molecular flexibility index (Phi) is 13.1. The molecule has 1 amide bonds. The van der Waals surface area contributed by atoms with E-state index in [0.29, 0.717) is 12.7 Å². The van der Waals surface area contributed by atoms with E-state index in [2.05, 4.69) is 53.8 Å². The molecule has 118 valence electrons. The maximum absolute atomic E-state index is 11.9. The molecule has 0 N–H and O–H groups in total. The average Bonchev–Trinajstić information content (AvgIpc) is 2.11. The molecule has 0 rings (SSSR count). The van der Waals surface area contributed by atoms with Crippen LogP contribution in [0.1, 0.15) is 61.3 Å². The van der Waals surface area contributed by atoms with Gasteiger partial charge in [0.1, 0.15) is 0 Å². The fourth-order valence-corrected chi connectivity index (χ4v) is 5.95. The Morgan fingerprint density at radius 3 is 1.79 bits per heavy atom. The van der Waals surface area contributed by atoms with Gasteiger partial charge in [0.2, 0.25) is 0 Å². The minimum absolute atomic E-state index is 0. The molecule has 0 saturated heterocycles. The van der Waals surface area contributed by atoms with Crippen LogP contribution in [0.15, 0.2) is 0 Å². The Balaban J connectivity index is -0.00000128. The summed E-state index contributed by atoms with van der Waals surface area (Å²) in [5.41, 5.74) is 0. The predicted molar refractivity (Wildman–Crippen MR) is 87.2 cm³/mol. The van der Waals surface area contributed by atoms with E-state index in [1.807, 2.05) is 0 Å². The van der Waals surface area contributed by atoms with Crippen molar-refractivity contribution in [3.63, 3.8) is 0 Å². The van der Waals surface area contributed by atoms with Crippen molar-refractivity contribution in [2.24, 2.45) is 0 Å². The molecule has 0 aromatic heterocycles. The smallest absolute Gasteiger partial charge is 0.650 e. The number of amides is 1. The van der Waals surface area contributed by atoms with E-state index >= 15 is 0 Å². The second kappa shape index (κ2) is 10.2. The fourth-order valence-electron chi connectivity index (χ4n) is 2.22. The summed E-state index contributed by atoms with van der Waals surface area (Å²) in [6.45, 7) is 16.4. The molecule has 0 radical (unpaired) electrons. The molecule has 0 fully saturated rings. The van der Waals surface area contributed by atoms with Gasteiger partial charge in [0, 0.05) is 7.92 Å². The van der Waals surface area contributed by atoms with Crippen LogP contribution in [0.25, 0.3) is 5.32 Å². The third-order valence-electron chi connectivity index (χ3n) is 2.94. The Bertz CT molecular complexity index is 230. The van der Waals surface area contributed by atoms with Gasteiger partial charge in [-0.3, -0.25) is 0 Å². The molecule has 19 heavy (non-hydrogen) atoms. The Labute approximate surface area is 132 Å². The van der Waals surface area contributed by atoms with Crippen molar-refractivity contribution in [3.8, 4) is 0 Å². The summed E-state index contributed by atoms with van der Waals surface area (Å²) in [5.74, 6) is 0.122. The maximum Gasteiger partial charge on any atom is 2.00 e. The summed E-state index contributed by atoms with van der Waals surface area (Å²) in [7, 11) is -0.755. The van der Waals surface area contributed by atoms with Gasteiger partial charge in [0.15, 0.2) is 0 Å². The molecule has 0 saturated carbocycles. The second-order valence-corrected chi connectivity index (χ2v) is 11.1. The minimum atomic E-state index is -0.755. The molecule has 0 heterocycles. The zero-order chi connectivity index (χ0) is 13.7. The van der Waals surface area contributed by atoms with Gasteiger partial charge < -0.3 is 17.5 Å². The Morgan fingerprint density at radius 1 is 1.05 bits per heavy atom. The van der Waals surface area contributed by atoms with Gasteiger partial charge in [-0.2, -0.15) is 0 Å². The van der Waals surface area contributed by atoms with Gasteiger partial charge in [0.05, 0.1) is 22.4 Å². The topological polar surface area (TPSA) is 31.2 Å². The summed E-state index contributed by atoms with van der Waals surface area (Å²) >= 11 is 0. The van der Waals surface area contributed by atoms with Crippen LogP contribution in [0.3, 0.4) is 0 Å². The van der Waals surface area contributed by atoms with Crippen LogP contribution in [0.5, 0.6) is 0 Å². The fraction of sp³-hybridized carbons (Fsp3) is 0.867. The molecule has 0 aliphatic heterocycles. The van der Waals surface area contributed by atoms with E-state index in [1.54, 1.807) is 0 Å². The van der Waals surface area contributed by atoms with E-state index in [4.69, 9.17) is 0 Å². The predicted octanol–water partition coefficient (Wildman–Crippen LogP) is 4.95. The molecule has 0 atom stereocenters. The van der Waals surface area contributed by atoms with Crippen molar-refractivity contribution in [1.29, 1.82) is 0 Å². The zero-order valence-electron chi connectivity index (χ0n) is 14.0. The van der Waals surface area contributed by atoms with Crippen molar-refractivity contribution in [1.82, 2.24) is 0 Å². The third-order valence-corrected chi connectivity index (χ3v) is 7.22. The molecule has 0 aliphatic rings. The number of hydrogen-bond acceptors (Lipinski definition) is 1. The third kappa shape index (κ3) is 10.8. The molecule has 0 unspecified atom stereocenters. The first-order chi connectivity index (χ1) is 7.59. The second-order valence-electron chi connectivity index (χ2n) is 6.78. The average molecular weight is 333 g/mol. The van der Waals surface area contributed by atoms with Gasteiger partial charge in [-0.25, -0.2) is 0 Å². The number of rotatable bonds is 5. The van der Waals surface area contributed by atoms with Gasteiger partial charge in [0.25, 0.3) is 0 Å². The first kappa shape index (κ1) is 24.4. The number of nitrogens with zero attached hydrogens (tertiary/aromatic N) is 1. The van der Waals surface area contributed by atoms with Crippen molar-refractivity contribution >= 4 is 13.8 Å². The van der Waals surface area contributed by atoms with Crippen LogP contribution in [-0.4, -0.2) is 28.9 Å². The van der Waals surface area contributed by atoms with E-state index < -0.39 is 7.92 Å². The first-order valence-corrected chi connectivity index (χ1v) is 8.37. The molecule has 0 bridgehead atoms. The summed E-state index contributed by atoms with van der Waals surface area (Å²) < 4.78 is 0. The summed E-state index contributed by atoms with van der Waals surface area (Å²) in [6.07, 6.45) is 2.81. The van der Waals surface area contributed by atoms with Crippen molar-refractivity contribution in [3.05, 3.63) is 12.7 Å². The number of carbonyl (C=O) groups is 1. The normalized spacial score (nSPS) is 11.6. The summed E-state index contributed by atoms with van der Waals surface area (Å²) in [4.78, 5) is 11.9. The SMILES string of the molecule is CCCC[N-]C(=O)C[PH+](C(C)(C)C)C(C)(C)C.[CH3-].[Ni+2]. The van der Waals surface area contributed by atoms with Crippen LogP contribution in [0.4, 0.5) is 0 Å². The first-order valence-electron chi connectivity index (χ1n) is 6.66. The standard InChI is InChI=1S/C14H30NOP.CH3.Ni/c1-8-9-10-15-12(16)11-17(13(2,3)4)14(5,6)7;;/h8-11H2,1-7H3,(H,15,16);1H3;/q;-1;+2. The molecule has 0 aromatic carbocycles. The van der Waals surface area contributed by atoms with E-state index in [-0.39, 0.29) is 40.1 Å². The Hall–Kier alpha value is 0.394. The number of carbonyl (C=O) groups excluding carboxylic acids is 1. The van der Waals surface area contributed by atoms with Gasteiger partial charge >= 0.3 is 16.5 Å². The molecule has 2 nitrogen and oxygen atoms in total. The van der Waals surface area contributed by atoms with Gasteiger partial charge in [-0.1, -0.05) is 19.8 Å². The number of hydrogen-bond donors (Lipinski definition) is 0.